The van der Waals surface area contributed by atoms with Crippen molar-refractivity contribution in [3.8, 4) is 6.07 Å². The number of hydrogen-bond acceptors (Lipinski definition) is 8. The van der Waals surface area contributed by atoms with E-state index in [0.29, 0.717) is 50.5 Å². The van der Waals surface area contributed by atoms with Gasteiger partial charge in [0.05, 0.1) is 32.3 Å². The molecule has 8 nitrogen and oxygen atoms in total. The first-order valence-electron chi connectivity index (χ1n) is 13.9. The molecular formula is C30H43N2O6P. The minimum absolute atomic E-state index is 0.304. The van der Waals surface area contributed by atoms with Crippen LogP contribution in [-0.4, -0.2) is 36.6 Å². The average Bonchev–Trinajstić information content (AvgIpc) is 3.18. The molecule has 0 spiro atoms. The van der Waals surface area contributed by atoms with E-state index in [1.807, 2.05) is 26.8 Å². The molecule has 0 aliphatic heterocycles. The van der Waals surface area contributed by atoms with Crippen LogP contribution in [0.15, 0.2) is 25.8 Å². The number of fused-ring (bicyclic) bond motifs is 2. The highest BCUT2D eigenvalue weighted by molar-refractivity contribution is 7.44. The van der Waals surface area contributed by atoms with E-state index < -0.39 is 8.53 Å². The van der Waals surface area contributed by atoms with E-state index in [0.717, 1.165) is 64.5 Å². The Morgan fingerprint density at radius 2 is 1.54 bits per heavy atom. The topological polar surface area (TPSA) is 98.1 Å². The van der Waals surface area contributed by atoms with Gasteiger partial charge in [0.1, 0.15) is 16.9 Å². The molecule has 1 unspecified atom stereocenters. The highest BCUT2D eigenvalue weighted by atomic mass is 31.2. The Morgan fingerprint density at radius 1 is 0.897 bits per heavy atom. The van der Waals surface area contributed by atoms with Crippen LogP contribution in [0.5, 0.6) is 0 Å². The lowest BCUT2D eigenvalue weighted by molar-refractivity contribution is 0.116. The summed E-state index contributed by atoms with van der Waals surface area (Å²) in [5, 5.41) is 10.8. The largest absolute Gasteiger partial charge is 0.461 e. The van der Waals surface area contributed by atoms with E-state index in [4.69, 9.17) is 27.9 Å². The van der Waals surface area contributed by atoms with Gasteiger partial charge >= 0.3 is 5.63 Å². The summed E-state index contributed by atoms with van der Waals surface area (Å²) in [4.78, 5) is 11.9. The van der Waals surface area contributed by atoms with Gasteiger partial charge in [-0.2, -0.15) is 5.26 Å². The number of ether oxygens (including phenoxy) is 1. The first-order valence-corrected chi connectivity index (χ1v) is 15.0. The Kier molecular flexibility index (Phi) is 12.0. The molecule has 0 saturated carbocycles. The van der Waals surface area contributed by atoms with E-state index in [1.165, 1.54) is 6.07 Å². The maximum atomic E-state index is 11.9. The summed E-state index contributed by atoms with van der Waals surface area (Å²) in [5.74, 6) is 0.825. The molecule has 0 aliphatic carbocycles. The van der Waals surface area contributed by atoms with Gasteiger partial charge in [-0.05, 0) is 72.9 Å². The van der Waals surface area contributed by atoms with E-state index >= 15 is 0 Å². The second kappa shape index (κ2) is 14.9. The smallest absolute Gasteiger partial charge is 0.336 e. The average molecular weight is 559 g/mol. The van der Waals surface area contributed by atoms with Crippen molar-refractivity contribution in [1.29, 1.82) is 5.26 Å². The Hall–Kier alpha value is -2.27. The van der Waals surface area contributed by atoms with Crippen LogP contribution in [0.3, 0.4) is 0 Å². The molecule has 0 radical (unpaired) electrons. The van der Waals surface area contributed by atoms with Crippen LogP contribution in [0.1, 0.15) is 82.2 Å². The summed E-state index contributed by atoms with van der Waals surface area (Å²) < 4.78 is 31.9. The molecule has 0 amide bonds. The fourth-order valence-electron chi connectivity index (χ4n) is 4.82. The van der Waals surface area contributed by atoms with Crippen LogP contribution >= 0.6 is 8.53 Å². The minimum Gasteiger partial charge on any atom is -0.461 e. The normalized spacial score (nSPS) is 12.8. The highest BCUT2D eigenvalue weighted by Gasteiger charge is 2.27. The number of furan rings is 1. The van der Waals surface area contributed by atoms with Gasteiger partial charge in [0, 0.05) is 46.7 Å². The summed E-state index contributed by atoms with van der Waals surface area (Å²) in [6, 6.07) is 6.31. The summed E-state index contributed by atoms with van der Waals surface area (Å²) in [7, 11) is -1.17. The molecule has 0 N–H and O–H groups in total. The monoisotopic (exact) mass is 558 g/mol. The second-order valence-electron chi connectivity index (χ2n) is 10.5. The first-order chi connectivity index (χ1) is 18.6. The van der Waals surface area contributed by atoms with Gasteiger partial charge in [-0.1, -0.05) is 12.8 Å². The predicted octanol–water partition coefficient (Wildman–Crippen LogP) is 7.83. The molecule has 9 heteroatoms. The van der Waals surface area contributed by atoms with Gasteiger partial charge in [0.25, 0.3) is 8.53 Å². The zero-order chi connectivity index (χ0) is 28.5. The number of hydrogen-bond donors (Lipinski definition) is 0. The van der Waals surface area contributed by atoms with E-state index in [1.54, 1.807) is 0 Å². The van der Waals surface area contributed by atoms with E-state index in [9.17, 15) is 4.79 Å². The lowest BCUT2D eigenvalue weighted by Crippen LogP contribution is -2.33. The third-order valence-electron chi connectivity index (χ3n) is 6.72. The van der Waals surface area contributed by atoms with Crippen molar-refractivity contribution in [2.45, 2.75) is 99.3 Å². The van der Waals surface area contributed by atoms with Crippen LogP contribution < -0.4 is 5.63 Å². The van der Waals surface area contributed by atoms with Crippen molar-refractivity contribution in [2.24, 2.45) is 0 Å². The molecule has 0 bridgehead atoms. The zero-order valence-electron chi connectivity index (χ0n) is 24.5. The Balaban J connectivity index is 1.45. The standard InChI is InChI=1S/C30H43N2O6P/c1-20(2)32(21(3)4)39(36-16-12-13-31)35-15-11-9-8-10-14-34-19-27-24(7)37-30-23(6)29-25(18-26(27)30)22(5)17-28(33)38-29/h17-18,20-21H,8-12,14-16,19H2,1-7H3. The van der Waals surface area contributed by atoms with Crippen molar-refractivity contribution in [3.63, 3.8) is 0 Å². The van der Waals surface area contributed by atoms with Crippen molar-refractivity contribution in [1.82, 2.24) is 4.67 Å². The molecule has 39 heavy (non-hydrogen) atoms. The summed E-state index contributed by atoms with van der Waals surface area (Å²) >= 11 is 0. The molecule has 3 aromatic rings. The van der Waals surface area contributed by atoms with Gasteiger partial charge in [-0.25, -0.2) is 9.46 Å². The van der Waals surface area contributed by atoms with Gasteiger partial charge in [-0.3, -0.25) is 0 Å². The third kappa shape index (κ3) is 8.13. The number of rotatable bonds is 16. The Morgan fingerprint density at radius 3 is 2.21 bits per heavy atom. The van der Waals surface area contributed by atoms with Crippen LogP contribution in [0.25, 0.3) is 21.9 Å². The summed E-state index contributed by atoms with van der Waals surface area (Å²) in [6.07, 6.45) is 4.41. The SMILES string of the molecule is Cc1oc2c(C)c3oc(=O)cc(C)c3cc2c1COCCCCCCOP(OCCC#N)N(C(C)C)C(C)C. The molecule has 1 aromatic carbocycles. The lowest BCUT2D eigenvalue weighted by atomic mass is 10.0. The Labute approximate surface area is 233 Å². The number of unbranched alkanes of at least 4 members (excludes halogenated alkanes) is 3. The number of benzene rings is 1. The number of nitriles is 1. The predicted molar refractivity (Wildman–Crippen MR) is 156 cm³/mol. The zero-order valence-corrected chi connectivity index (χ0v) is 25.4. The van der Waals surface area contributed by atoms with Gasteiger partial charge in [0.2, 0.25) is 0 Å². The van der Waals surface area contributed by atoms with E-state index in [-0.39, 0.29) is 5.63 Å². The molecule has 1 atom stereocenters. The van der Waals surface area contributed by atoms with Gasteiger partial charge in [0.15, 0.2) is 0 Å². The van der Waals surface area contributed by atoms with Crippen molar-refractivity contribution in [3.05, 3.63) is 45.0 Å². The van der Waals surface area contributed by atoms with Crippen molar-refractivity contribution >= 4 is 30.5 Å². The van der Waals surface area contributed by atoms with E-state index in [2.05, 4.69) is 38.4 Å². The van der Waals surface area contributed by atoms with Crippen molar-refractivity contribution in [2.75, 3.05) is 19.8 Å². The van der Waals surface area contributed by atoms with Crippen LogP contribution in [0, 0.1) is 32.1 Å². The molecule has 0 fully saturated rings. The van der Waals surface area contributed by atoms with Crippen LogP contribution in [-0.2, 0) is 20.4 Å². The maximum Gasteiger partial charge on any atom is 0.336 e. The Bertz CT molecular complexity index is 1320. The highest BCUT2D eigenvalue weighted by Crippen LogP contribution is 2.46. The molecule has 214 valence electrons. The van der Waals surface area contributed by atoms with Crippen molar-refractivity contribution < 1.29 is 22.6 Å². The second-order valence-corrected chi connectivity index (χ2v) is 11.9. The summed E-state index contributed by atoms with van der Waals surface area (Å²) in [6.45, 7) is 16.6. The quantitative estimate of drug-likeness (QED) is 0.0996. The van der Waals surface area contributed by atoms with Gasteiger partial charge in [-0.15, -0.1) is 0 Å². The third-order valence-corrected chi connectivity index (χ3v) is 8.83. The minimum atomic E-state index is -1.17. The lowest BCUT2D eigenvalue weighted by Gasteiger charge is -2.35. The summed E-state index contributed by atoms with van der Waals surface area (Å²) in [5.41, 5.74) is 3.75. The molecular weight excluding hydrogens is 515 g/mol. The maximum absolute atomic E-state index is 11.9. The number of aryl methyl sites for hydroxylation is 3. The van der Waals surface area contributed by atoms with Gasteiger partial charge < -0.3 is 22.6 Å². The number of nitrogens with zero attached hydrogens (tertiary/aromatic N) is 2. The molecule has 2 heterocycles. The fourth-order valence-corrected chi connectivity index (χ4v) is 6.45. The molecule has 2 aromatic heterocycles. The first kappa shape index (κ1) is 31.3. The fraction of sp³-hybridized carbons (Fsp3) is 0.600. The molecule has 0 saturated heterocycles. The van der Waals surface area contributed by atoms with Crippen LogP contribution in [0.4, 0.5) is 0 Å². The molecule has 0 aliphatic rings. The molecule has 3 rings (SSSR count). The van der Waals surface area contributed by atoms with Crippen LogP contribution in [0.2, 0.25) is 0 Å².